The van der Waals surface area contributed by atoms with Crippen molar-refractivity contribution >= 4 is 0 Å². The molecule has 0 heteroatoms. The van der Waals surface area contributed by atoms with Gasteiger partial charge in [0.15, 0.2) is 0 Å². The zero-order valence-electron chi connectivity index (χ0n) is 54.2. The Balaban J connectivity index is -0.0000000569. The van der Waals surface area contributed by atoms with Crippen LogP contribution in [-0.2, 0) is 0 Å². The predicted octanol–water partition coefficient (Wildman–Crippen LogP) is 26.8. The van der Waals surface area contributed by atoms with Crippen molar-refractivity contribution < 1.29 is 0 Å². The lowest BCUT2D eigenvalue weighted by molar-refractivity contribution is 0.469. The second kappa shape index (κ2) is 132. The van der Waals surface area contributed by atoms with Crippen molar-refractivity contribution in [2.75, 3.05) is 0 Å². The summed E-state index contributed by atoms with van der Waals surface area (Å²) in [5.41, 5.74) is 0.500. The highest BCUT2D eigenvalue weighted by Crippen LogP contribution is 2.08. The van der Waals surface area contributed by atoms with Crippen LogP contribution in [0, 0.1) is 5.41 Å². The van der Waals surface area contributed by atoms with Crippen LogP contribution in [-0.4, -0.2) is 0 Å². The zero-order chi connectivity index (χ0) is 60.4. The van der Waals surface area contributed by atoms with E-state index in [1.165, 1.54) is 0 Å². The SMILES string of the molecule is CC.CC.CC.CC.CC.CC.CC.CC.CC.CC.CC.CC(C)(C)C.c1ccccc1.c1ccccc1.c1ccccc1.c1ccccc1.c1ccccc1.c1ccccc1.c1ccccc1.c1ccccc1. The quantitative estimate of drug-likeness (QED) is 0.142. The molecule has 426 valence electrons. The third-order valence-corrected chi connectivity index (χ3v) is 5.33. The summed E-state index contributed by atoms with van der Waals surface area (Å²) in [4.78, 5) is 0. The highest BCUT2D eigenvalue weighted by molar-refractivity contribution is 5.03. The molecule has 0 heterocycles. The molecule has 0 nitrogen and oxygen atoms in total. The summed E-state index contributed by atoms with van der Waals surface area (Å²) < 4.78 is 0. The summed E-state index contributed by atoms with van der Waals surface area (Å²) in [6, 6.07) is 96.0. The molecule has 0 spiro atoms. The second-order valence-electron chi connectivity index (χ2n) is 12.2. The van der Waals surface area contributed by atoms with Crippen molar-refractivity contribution in [2.45, 2.75) is 180 Å². The Hall–Kier alpha value is -6.24. The van der Waals surface area contributed by atoms with Crippen molar-refractivity contribution in [3.8, 4) is 0 Å². The fourth-order valence-corrected chi connectivity index (χ4v) is 3.08. The molecule has 0 unspecified atom stereocenters. The van der Waals surface area contributed by atoms with Gasteiger partial charge in [-0.2, -0.15) is 0 Å². The van der Waals surface area contributed by atoms with Crippen molar-refractivity contribution in [2.24, 2.45) is 5.41 Å². The van der Waals surface area contributed by atoms with Gasteiger partial charge >= 0.3 is 0 Å². The fraction of sp³-hybridized carbons (Fsp3) is 0.360. The Morgan fingerprint density at radius 1 is 0.0933 bits per heavy atom. The molecule has 0 aliphatic carbocycles. The molecule has 8 aromatic carbocycles. The molecule has 0 atom stereocenters. The average molecular weight is 1030 g/mol. The first-order chi connectivity index (χ1) is 37.0. The summed E-state index contributed by atoms with van der Waals surface area (Å²) in [5, 5.41) is 0. The van der Waals surface area contributed by atoms with Gasteiger partial charge in [0, 0.05) is 0 Å². The molecular weight excluding hydrogens is 901 g/mol. The highest BCUT2D eigenvalue weighted by Gasteiger charge is 1.95. The number of rotatable bonds is 0. The third kappa shape index (κ3) is 168. The molecule has 0 N–H and O–H groups in total. The number of benzene rings is 8. The van der Waals surface area contributed by atoms with Crippen molar-refractivity contribution in [1.29, 1.82) is 0 Å². The minimum absolute atomic E-state index is 0.500. The van der Waals surface area contributed by atoms with E-state index in [0.717, 1.165) is 0 Å². The molecule has 75 heavy (non-hydrogen) atoms. The minimum Gasteiger partial charge on any atom is -0.0683 e. The maximum absolute atomic E-state index is 2.19. The number of hydrogen-bond acceptors (Lipinski definition) is 0. The van der Waals surface area contributed by atoms with E-state index >= 15 is 0 Å². The molecule has 0 bridgehead atoms. The normalized spacial score (nSPS) is 6.80. The maximum Gasteiger partial charge on any atom is -0.0411 e. The van der Waals surface area contributed by atoms with E-state index in [1.807, 2.05) is 444 Å². The summed E-state index contributed by atoms with van der Waals surface area (Å²) in [6.07, 6.45) is 0. The highest BCUT2D eigenvalue weighted by atomic mass is 14.0. The Morgan fingerprint density at radius 3 is 0.120 bits per heavy atom. The summed E-state index contributed by atoms with van der Waals surface area (Å²) in [6.45, 7) is 52.8. The molecule has 8 aromatic rings. The van der Waals surface area contributed by atoms with Gasteiger partial charge in [-0.25, -0.2) is 0 Å². The van der Waals surface area contributed by atoms with Crippen LogP contribution >= 0.6 is 0 Å². The summed E-state index contributed by atoms with van der Waals surface area (Å²) in [7, 11) is 0. The molecule has 0 aromatic heterocycles. The second-order valence-corrected chi connectivity index (χ2v) is 12.2. The van der Waals surface area contributed by atoms with Crippen LogP contribution in [0.1, 0.15) is 180 Å². The van der Waals surface area contributed by atoms with Crippen molar-refractivity contribution in [3.05, 3.63) is 291 Å². The Morgan fingerprint density at radius 2 is 0.107 bits per heavy atom. The van der Waals surface area contributed by atoms with E-state index in [4.69, 9.17) is 0 Å². The molecule has 0 aliphatic heterocycles. The molecule has 8 rings (SSSR count). The Bertz CT molecular complexity index is 1040. The van der Waals surface area contributed by atoms with Crippen LogP contribution in [0.3, 0.4) is 0 Å². The van der Waals surface area contributed by atoms with Crippen LogP contribution in [0.2, 0.25) is 0 Å². The number of hydrogen-bond donors (Lipinski definition) is 0. The van der Waals surface area contributed by atoms with Gasteiger partial charge in [0.05, 0.1) is 0 Å². The monoisotopic (exact) mass is 1030 g/mol. The van der Waals surface area contributed by atoms with Gasteiger partial charge in [-0.15, -0.1) is 0 Å². The molecule has 0 amide bonds. The van der Waals surface area contributed by atoms with E-state index < -0.39 is 0 Å². The lowest BCUT2D eigenvalue weighted by Gasteiger charge is -2.05. The van der Waals surface area contributed by atoms with Gasteiger partial charge < -0.3 is 0 Å². The van der Waals surface area contributed by atoms with Crippen LogP contribution < -0.4 is 0 Å². The van der Waals surface area contributed by atoms with Gasteiger partial charge in [-0.3, -0.25) is 0 Å². The van der Waals surface area contributed by atoms with Crippen molar-refractivity contribution in [1.82, 2.24) is 0 Å². The lowest BCUT2D eigenvalue weighted by atomic mass is 10.0. The van der Waals surface area contributed by atoms with Gasteiger partial charge in [0.1, 0.15) is 0 Å². The van der Waals surface area contributed by atoms with E-state index in [-0.39, 0.29) is 0 Å². The van der Waals surface area contributed by atoms with E-state index in [0.29, 0.717) is 5.41 Å². The lowest BCUT2D eigenvalue weighted by Crippen LogP contribution is -1.93. The van der Waals surface area contributed by atoms with Crippen LogP contribution in [0.5, 0.6) is 0 Å². The van der Waals surface area contributed by atoms with Gasteiger partial charge in [0.25, 0.3) is 0 Å². The van der Waals surface area contributed by atoms with E-state index in [9.17, 15) is 0 Å². The molecule has 0 radical (unpaired) electrons. The summed E-state index contributed by atoms with van der Waals surface area (Å²) >= 11 is 0. The minimum atomic E-state index is 0.500. The first-order valence-corrected chi connectivity index (χ1v) is 29.0. The van der Waals surface area contributed by atoms with Crippen LogP contribution in [0.4, 0.5) is 0 Å². The maximum atomic E-state index is 2.19. The first kappa shape index (κ1) is 98.0. The molecule has 0 saturated carbocycles. The zero-order valence-corrected chi connectivity index (χ0v) is 54.2. The van der Waals surface area contributed by atoms with Gasteiger partial charge in [-0.1, -0.05) is 471 Å². The fourth-order valence-electron chi connectivity index (χ4n) is 3.08. The van der Waals surface area contributed by atoms with Crippen LogP contribution in [0.15, 0.2) is 291 Å². The van der Waals surface area contributed by atoms with Gasteiger partial charge in [0.2, 0.25) is 0 Å². The molecular formula is C75H126. The predicted molar refractivity (Wildman–Crippen MR) is 361 cm³/mol. The molecule has 0 aliphatic rings. The first-order valence-electron chi connectivity index (χ1n) is 29.0. The Labute approximate surface area is 474 Å². The van der Waals surface area contributed by atoms with Crippen LogP contribution in [0.25, 0.3) is 0 Å². The Kier molecular flexibility index (Phi) is 173. The smallest absolute Gasteiger partial charge is 0.0411 e. The van der Waals surface area contributed by atoms with E-state index in [2.05, 4.69) is 27.7 Å². The third-order valence-electron chi connectivity index (χ3n) is 5.33. The van der Waals surface area contributed by atoms with E-state index in [1.54, 1.807) is 0 Å². The molecule has 0 fully saturated rings. The average Bonchev–Trinajstić information content (AvgIpc) is 3.56. The van der Waals surface area contributed by atoms with Crippen molar-refractivity contribution in [3.63, 3.8) is 0 Å². The van der Waals surface area contributed by atoms with Gasteiger partial charge in [-0.05, 0) is 5.41 Å². The molecule has 0 saturated heterocycles. The summed E-state index contributed by atoms with van der Waals surface area (Å²) in [5.74, 6) is 0. The topological polar surface area (TPSA) is 0 Å². The standard InChI is InChI=1S/8C6H6.C5H12.11C2H6/c8*1-2-4-6-5-3-1;1-5(2,3)4;11*1-2/h8*1-6H;1-4H3;11*1-2H3. The largest absolute Gasteiger partial charge is 0.0683 e.